The fourth-order valence-electron chi connectivity index (χ4n) is 0.987. The van der Waals surface area contributed by atoms with Gasteiger partial charge in [-0.2, -0.15) is 9.55 Å². The number of nitrogens with two attached hydrogens (primary N) is 1. The summed E-state index contributed by atoms with van der Waals surface area (Å²) in [5, 5.41) is 13.4. The van der Waals surface area contributed by atoms with Gasteiger partial charge in [0.25, 0.3) is 5.95 Å². The molecule has 0 bridgehead atoms. The first kappa shape index (κ1) is 10.5. The van der Waals surface area contributed by atoms with Crippen LogP contribution in [0.15, 0.2) is 6.20 Å². The van der Waals surface area contributed by atoms with Crippen molar-refractivity contribution >= 4 is 11.8 Å². The van der Waals surface area contributed by atoms with E-state index in [0.717, 1.165) is 0 Å². The molecule has 0 fully saturated rings. The van der Waals surface area contributed by atoms with E-state index in [1.54, 1.807) is 7.05 Å². The lowest BCUT2D eigenvalue weighted by Gasteiger charge is -2.05. The predicted octanol–water partition coefficient (Wildman–Crippen LogP) is 0.0874. The topological polar surface area (TPSA) is 99.0 Å². The molecule has 0 spiro atoms. The van der Waals surface area contributed by atoms with Crippen LogP contribution < -0.4 is 11.1 Å². The highest BCUT2D eigenvalue weighted by Gasteiger charge is 2.15. The Bertz CT molecular complexity index is 333. The van der Waals surface area contributed by atoms with Crippen LogP contribution in [-0.4, -0.2) is 27.1 Å². The number of imidazole rings is 1. The largest absolute Gasteiger partial charge is 0.358 e. The molecule has 0 aliphatic carbocycles. The van der Waals surface area contributed by atoms with E-state index in [1.165, 1.54) is 10.8 Å². The number of nitrogens with zero attached hydrogens (tertiary/aromatic N) is 3. The number of rotatable bonds is 4. The molecule has 1 heterocycles. The summed E-state index contributed by atoms with van der Waals surface area (Å²) < 4.78 is 1.38. The average Bonchev–Trinajstić information content (AvgIpc) is 2.43. The SMILES string of the molecule is CC(N)CNc1ncc([N+](=O)[O-])n1C. The minimum absolute atomic E-state index is 0.0224. The summed E-state index contributed by atoms with van der Waals surface area (Å²) in [5.74, 6) is 0.408. The van der Waals surface area contributed by atoms with Crippen LogP contribution >= 0.6 is 0 Å². The first-order valence-corrected chi connectivity index (χ1v) is 4.18. The standard InChI is InChI=1S/C7H13N5O2/c1-5(8)3-9-7-10-4-6(11(7)2)12(13)14/h4-5H,3,8H2,1-2H3,(H,9,10). The molecular weight excluding hydrogens is 186 g/mol. The normalized spacial score (nSPS) is 12.5. The van der Waals surface area contributed by atoms with Crippen molar-refractivity contribution < 1.29 is 4.92 Å². The molecule has 14 heavy (non-hydrogen) atoms. The van der Waals surface area contributed by atoms with Crippen molar-refractivity contribution in [3.8, 4) is 0 Å². The van der Waals surface area contributed by atoms with Gasteiger partial charge in [-0.3, -0.25) is 0 Å². The highest BCUT2D eigenvalue weighted by atomic mass is 16.6. The summed E-state index contributed by atoms with van der Waals surface area (Å²) in [5.41, 5.74) is 5.52. The molecule has 3 N–H and O–H groups in total. The van der Waals surface area contributed by atoms with Crippen molar-refractivity contribution in [1.82, 2.24) is 9.55 Å². The number of hydrogen-bond donors (Lipinski definition) is 2. The van der Waals surface area contributed by atoms with E-state index in [2.05, 4.69) is 10.3 Å². The number of hydrogen-bond acceptors (Lipinski definition) is 5. The van der Waals surface area contributed by atoms with Gasteiger partial charge in [0.1, 0.15) is 6.20 Å². The van der Waals surface area contributed by atoms with Gasteiger partial charge in [0.2, 0.25) is 0 Å². The molecule has 0 aliphatic rings. The van der Waals surface area contributed by atoms with Gasteiger partial charge in [-0.25, -0.2) is 0 Å². The Kier molecular flexibility index (Phi) is 3.03. The summed E-state index contributed by atoms with van der Waals surface area (Å²) in [6.45, 7) is 2.37. The quantitative estimate of drug-likeness (QED) is 0.528. The first-order valence-electron chi connectivity index (χ1n) is 4.18. The van der Waals surface area contributed by atoms with Crippen LogP contribution in [0.3, 0.4) is 0 Å². The smallest absolute Gasteiger partial charge is 0.344 e. The molecule has 0 saturated carbocycles. The van der Waals surface area contributed by atoms with Crippen LogP contribution in [0.5, 0.6) is 0 Å². The summed E-state index contributed by atoms with van der Waals surface area (Å²) in [6.07, 6.45) is 1.21. The highest BCUT2D eigenvalue weighted by Crippen LogP contribution is 2.14. The molecule has 0 aliphatic heterocycles. The number of nitrogens with one attached hydrogen (secondary N) is 1. The molecule has 7 heteroatoms. The van der Waals surface area contributed by atoms with Gasteiger partial charge in [-0.15, -0.1) is 0 Å². The van der Waals surface area contributed by atoms with Crippen LogP contribution in [0.2, 0.25) is 0 Å². The molecule has 1 aromatic rings. The maximum Gasteiger partial charge on any atom is 0.344 e. The van der Waals surface area contributed by atoms with Crippen LogP contribution in [0.1, 0.15) is 6.92 Å². The van der Waals surface area contributed by atoms with Crippen molar-refractivity contribution in [1.29, 1.82) is 0 Å². The van der Waals surface area contributed by atoms with Crippen LogP contribution in [0.25, 0.3) is 0 Å². The van der Waals surface area contributed by atoms with Gasteiger partial charge in [0.15, 0.2) is 0 Å². The third-order valence-electron chi connectivity index (χ3n) is 1.73. The maximum absolute atomic E-state index is 10.5. The first-order chi connectivity index (χ1) is 6.52. The zero-order chi connectivity index (χ0) is 10.7. The molecule has 0 amide bonds. The molecule has 1 unspecified atom stereocenters. The van der Waals surface area contributed by atoms with E-state index < -0.39 is 4.92 Å². The Labute approximate surface area is 81.1 Å². The fraction of sp³-hybridized carbons (Fsp3) is 0.571. The summed E-state index contributed by atoms with van der Waals surface area (Å²) in [4.78, 5) is 13.8. The van der Waals surface area contributed by atoms with E-state index in [4.69, 9.17) is 5.73 Å². The van der Waals surface area contributed by atoms with E-state index >= 15 is 0 Å². The van der Waals surface area contributed by atoms with Crippen molar-refractivity contribution in [2.45, 2.75) is 13.0 Å². The molecule has 1 aromatic heterocycles. The lowest BCUT2D eigenvalue weighted by Crippen LogP contribution is -2.26. The van der Waals surface area contributed by atoms with Crippen LogP contribution in [0.4, 0.5) is 11.8 Å². The Hall–Kier alpha value is -1.63. The van der Waals surface area contributed by atoms with E-state index in [0.29, 0.717) is 12.5 Å². The Morgan fingerprint density at radius 3 is 2.93 bits per heavy atom. The monoisotopic (exact) mass is 199 g/mol. The fourth-order valence-corrected chi connectivity index (χ4v) is 0.987. The summed E-state index contributed by atoms with van der Waals surface area (Å²) in [6, 6.07) is -0.0224. The van der Waals surface area contributed by atoms with E-state index in [1.807, 2.05) is 6.92 Å². The molecule has 0 saturated heterocycles. The second-order valence-corrected chi connectivity index (χ2v) is 3.11. The van der Waals surface area contributed by atoms with E-state index in [-0.39, 0.29) is 11.9 Å². The molecule has 7 nitrogen and oxygen atoms in total. The van der Waals surface area contributed by atoms with E-state index in [9.17, 15) is 10.1 Å². The Morgan fingerprint density at radius 1 is 1.86 bits per heavy atom. The zero-order valence-electron chi connectivity index (χ0n) is 8.10. The molecule has 1 atom stereocenters. The number of nitro groups is 1. The predicted molar refractivity (Wildman–Crippen MR) is 52.0 cm³/mol. The molecule has 0 aromatic carbocycles. The molecule has 78 valence electrons. The second-order valence-electron chi connectivity index (χ2n) is 3.11. The van der Waals surface area contributed by atoms with Gasteiger partial charge in [0.05, 0.1) is 7.05 Å². The minimum atomic E-state index is -0.482. The van der Waals surface area contributed by atoms with Crippen molar-refractivity contribution in [2.24, 2.45) is 12.8 Å². The zero-order valence-corrected chi connectivity index (χ0v) is 8.10. The molecule has 1 rings (SSSR count). The van der Waals surface area contributed by atoms with Gasteiger partial charge >= 0.3 is 5.82 Å². The van der Waals surface area contributed by atoms with Gasteiger partial charge in [-0.05, 0) is 11.8 Å². The summed E-state index contributed by atoms with van der Waals surface area (Å²) >= 11 is 0. The van der Waals surface area contributed by atoms with Crippen LogP contribution in [-0.2, 0) is 7.05 Å². The summed E-state index contributed by atoms with van der Waals surface area (Å²) in [7, 11) is 1.58. The van der Waals surface area contributed by atoms with Gasteiger partial charge < -0.3 is 21.2 Å². The molecular formula is C7H13N5O2. The third kappa shape index (κ3) is 2.19. The van der Waals surface area contributed by atoms with Crippen molar-refractivity contribution in [2.75, 3.05) is 11.9 Å². The van der Waals surface area contributed by atoms with Crippen molar-refractivity contribution in [3.05, 3.63) is 16.3 Å². The van der Waals surface area contributed by atoms with Crippen LogP contribution in [0, 0.1) is 10.1 Å². The van der Waals surface area contributed by atoms with Gasteiger partial charge in [0, 0.05) is 12.6 Å². The Balaban J connectivity index is 2.74. The lowest BCUT2D eigenvalue weighted by molar-refractivity contribution is -0.391. The number of anilines is 1. The maximum atomic E-state index is 10.5. The average molecular weight is 199 g/mol. The number of aromatic nitrogens is 2. The Morgan fingerprint density at radius 2 is 2.50 bits per heavy atom. The minimum Gasteiger partial charge on any atom is -0.358 e. The highest BCUT2D eigenvalue weighted by molar-refractivity contribution is 5.35. The van der Waals surface area contributed by atoms with Crippen molar-refractivity contribution in [3.63, 3.8) is 0 Å². The second kappa shape index (κ2) is 4.05. The molecule has 0 radical (unpaired) electrons. The lowest BCUT2D eigenvalue weighted by atomic mass is 10.4. The third-order valence-corrected chi connectivity index (χ3v) is 1.73. The van der Waals surface area contributed by atoms with Gasteiger partial charge in [-0.1, -0.05) is 0 Å².